The van der Waals surface area contributed by atoms with E-state index < -0.39 is 20.9 Å². The van der Waals surface area contributed by atoms with Crippen LogP contribution in [0.1, 0.15) is 23.3 Å². The summed E-state index contributed by atoms with van der Waals surface area (Å²) in [4.78, 5) is 19.0. The maximum Gasteiger partial charge on any atom is 0.272 e. The van der Waals surface area contributed by atoms with Gasteiger partial charge in [0.25, 0.3) is 5.91 Å². The average Bonchev–Trinajstić information content (AvgIpc) is 2.73. The van der Waals surface area contributed by atoms with E-state index >= 15 is 0 Å². The van der Waals surface area contributed by atoms with Crippen LogP contribution in [0.4, 0.5) is 4.39 Å². The summed E-state index contributed by atoms with van der Waals surface area (Å²) in [5.41, 5.74) is 1.11. The average molecular weight is 398 g/mol. The number of nitrogens with zero attached hydrogens (tertiary/aromatic N) is 2. The quantitative estimate of drug-likeness (QED) is 0.634. The number of carbonyl (C=O) groups is 1. The van der Waals surface area contributed by atoms with Crippen LogP contribution >= 0.6 is 0 Å². The third-order valence-corrected chi connectivity index (χ3v) is 7.41. The Balaban J connectivity index is 1.47. The third-order valence-electron chi connectivity index (χ3n) is 5.13. The van der Waals surface area contributed by atoms with Crippen LogP contribution in [0.25, 0.3) is 10.9 Å². The van der Waals surface area contributed by atoms with E-state index in [-0.39, 0.29) is 10.8 Å². The van der Waals surface area contributed by atoms with Crippen molar-refractivity contribution in [3.05, 3.63) is 72.2 Å². The van der Waals surface area contributed by atoms with Crippen LogP contribution in [0.5, 0.6) is 0 Å². The van der Waals surface area contributed by atoms with Crippen LogP contribution in [0.15, 0.2) is 65.6 Å². The Morgan fingerprint density at radius 3 is 2.36 bits per heavy atom. The molecule has 0 spiro atoms. The highest BCUT2D eigenvalue weighted by Crippen LogP contribution is 2.25. The van der Waals surface area contributed by atoms with Gasteiger partial charge in [-0.15, -0.1) is 0 Å². The SMILES string of the molecule is O=C(c1ccc2ccccc2n1)N1CCC(S(=O)(=O)c2ccc(F)cc2)CC1. The van der Waals surface area contributed by atoms with Crippen LogP contribution in [0, 0.1) is 5.82 Å². The molecule has 7 heteroatoms. The molecular weight excluding hydrogens is 379 g/mol. The van der Waals surface area contributed by atoms with Gasteiger partial charge in [-0.05, 0) is 49.2 Å². The van der Waals surface area contributed by atoms with Gasteiger partial charge in [0.05, 0.1) is 15.7 Å². The molecule has 1 aliphatic heterocycles. The molecule has 28 heavy (non-hydrogen) atoms. The number of sulfone groups is 1. The normalized spacial score (nSPS) is 15.7. The Bertz CT molecular complexity index is 1120. The lowest BCUT2D eigenvalue weighted by atomic mass is 10.1. The van der Waals surface area contributed by atoms with Gasteiger partial charge in [-0.1, -0.05) is 24.3 Å². The van der Waals surface area contributed by atoms with Gasteiger partial charge in [-0.2, -0.15) is 0 Å². The van der Waals surface area contributed by atoms with Crippen molar-refractivity contribution in [2.24, 2.45) is 0 Å². The van der Waals surface area contributed by atoms with Crippen LogP contribution in [0.2, 0.25) is 0 Å². The van der Waals surface area contributed by atoms with Crippen LogP contribution in [0.3, 0.4) is 0 Å². The minimum atomic E-state index is -3.54. The maximum atomic E-state index is 13.1. The second-order valence-electron chi connectivity index (χ2n) is 6.88. The first kappa shape index (κ1) is 18.6. The fourth-order valence-corrected chi connectivity index (χ4v) is 5.26. The second kappa shape index (κ2) is 7.31. The molecule has 0 radical (unpaired) electrons. The topological polar surface area (TPSA) is 67.3 Å². The summed E-state index contributed by atoms with van der Waals surface area (Å²) in [6, 6.07) is 16.0. The number of hydrogen-bond donors (Lipinski definition) is 0. The zero-order valence-corrected chi connectivity index (χ0v) is 15.9. The molecular formula is C21H19FN2O3S. The standard InChI is InChI=1S/C21H19FN2O3S/c22-16-6-8-17(9-7-16)28(26,27)18-11-13-24(14-12-18)21(25)20-10-5-15-3-1-2-4-19(15)23-20/h1-10,18H,11-14H2. The Morgan fingerprint density at radius 1 is 0.964 bits per heavy atom. The maximum absolute atomic E-state index is 13.1. The molecule has 1 fully saturated rings. The first-order valence-corrected chi connectivity index (χ1v) is 10.6. The number of piperidine rings is 1. The van der Waals surface area contributed by atoms with E-state index in [0.29, 0.717) is 31.6 Å². The monoisotopic (exact) mass is 398 g/mol. The molecule has 1 aromatic heterocycles. The van der Waals surface area contributed by atoms with E-state index in [1.807, 2.05) is 30.3 Å². The van der Waals surface area contributed by atoms with Crippen molar-refractivity contribution in [2.75, 3.05) is 13.1 Å². The number of halogens is 1. The van der Waals surface area contributed by atoms with Crippen molar-refractivity contribution in [3.8, 4) is 0 Å². The lowest BCUT2D eigenvalue weighted by molar-refractivity contribution is 0.0720. The van der Waals surface area contributed by atoms with Gasteiger partial charge in [0.2, 0.25) is 0 Å². The second-order valence-corrected chi connectivity index (χ2v) is 9.11. The Kier molecular flexibility index (Phi) is 4.85. The van der Waals surface area contributed by atoms with Gasteiger partial charge in [-0.3, -0.25) is 4.79 Å². The van der Waals surface area contributed by atoms with Crippen molar-refractivity contribution < 1.29 is 17.6 Å². The molecule has 1 amide bonds. The van der Waals surface area contributed by atoms with E-state index in [1.165, 1.54) is 12.1 Å². The number of benzene rings is 2. The molecule has 0 atom stereocenters. The van der Waals surface area contributed by atoms with Gasteiger partial charge in [0.1, 0.15) is 11.5 Å². The summed E-state index contributed by atoms with van der Waals surface area (Å²) in [6.07, 6.45) is 0.693. The Labute approximate surface area is 162 Å². The van der Waals surface area contributed by atoms with Crippen molar-refractivity contribution in [1.29, 1.82) is 0 Å². The molecule has 0 saturated carbocycles. The summed E-state index contributed by atoms with van der Waals surface area (Å²) >= 11 is 0. The molecule has 4 rings (SSSR count). The third kappa shape index (κ3) is 3.49. The Hall–Kier alpha value is -2.80. The zero-order valence-electron chi connectivity index (χ0n) is 15.1. The summed E-state index contributed by atoms with van der Waals surface area (Å²) < 4.78 is 38.6. The van der Waals surface area contributed by atoms with E-state index in [0.717, 1.165) is 23.0 Å². The highest BCUT2D eigenvalue weighted by atomic mass is 32.2. The van der Waals surface area contributed by atoms with Crippen LogP contribution in [-0.2, 0) is 9.84 Å². The summed E-state index contributed by atoms with van der Waals surface area (Å²) in [7, 11) is -3.54. The predicted molar refractivity (Wildman–Crippen MR) is 104 cm³/mol. The number of fused-ring (bicyclic) bond motifs is 1. The summed E-state index contributed by atoms with van der Waals surface area (Å²) in [5, 5.41) is 0.384. The first-order valence-electron chi connectivity index (χ1n) is 9.10. The zero-order chi connectivity index (χ0) is 19.7. The molecule has 1 saturated heterocycles. The van der Waals surface area contributed by atoms with Gasteiger partial charge in [0.15, 0.2) is 9.84 Å². The molecule has 0 unspecified atom stereocenters. The minimum Gasteiger partial charge on any atom is -0.337 e. The number of pyridine rings is 1. The highest BCUT2D eigenvalue weighted by molar-refractivity contribution is 7.92. The lowest BCUT2D eigenvalue weighted by Crippen LogP contribution is -2.42. The number of aromatic nitrogens is 1. The first-order chi connectivity index (χ1) is 13.4. The molecule has 0 N–H and O–H groups in total. The molecule has 3 aromatic rings. The number of hydrogen-bond acceptors (Lipinski definition) is 4. The van der Waals surface area contributed by atoms with Gasteiger partial charge in [0, 0.05) is 18.5 Å². The number of para-hydroxylation sites is 1. The number of rotatable bonds is 3. The molecule has 1 aliphatic rings. The number of carbonyl (C=O) groups excluding carboxylic acids is 1. The van der Waals surface area contributed by atoms with Crippen molar-refractivity contribution in [2.45, 2.75) is 23.0 Å². The van der Waals surface area contributed by atoms with Crippen LogP contribution in [-0.4, -0.2) is 42.5 Å². The largest absolute Gasteiger partial charge is 0.337 e. The molecule has 144 valence electrons. The van der Waals surface area contributed by atoms with E-state index in [9.17, 15) is 17.6 Å². The van der Waals surface area contributed by atoms with Crippen molar-refractivity contribution in [1.82, 2.24) is 9.88 Å². The number of amides is 1. The molecule has 5 nitrogen and oxygen atoms in total. The Morgan fingerprint density at radius 2 is 1.64 bits per heavy atom. The predicted octanol–water partition coefficient (Wildman–Crippen LogP) is 3.45. The van der Waals surface area contributed by atoms with Gasteiger partial charge in [-0.25, -0.2) is 17.8 Å². The smallest absolute Gasteiger partial charge is 0.272 e. The fraction of sp³-hybridized carbons (Fsp3) is 0.238. The van der Waals surface area contributed by atoms with Gasteiger partial charge >= 0.3 is 0 Å². The fourth-order valence-electron chi connectivity index (χ4n) is 3.53. The minimum absolute atomic E-state index is 0.120. The molecule has 2 aromatic carbocycles. The van der Waals surface area contributed by atoms with E-state index in [1.54, 1.807) is 11.0 Å². The van der Waals surface area contributed by atoms with E-state index in [2.05, 4.69) is 4.98 Å². The summed E-state index contributed by atoms with van der Waals surface area (Å²) in [5.74, 6) is -0.661. The number of likely N-dealkylation sites (tertiary alicyclic amines) is 1. The molecule has 0 bridgehead atoms. The van der Waals surface area contributed by atoms with Crippen molar-refractivity contribution >= 4 is 26.6 Å². The lowest BCUT2D eigenvalue weighted by Gasteiger charge is -2.31. The van der Waals surface area contributed by atoms with Crippen LogP contribution < -0.4 is 0 Å². The molecule has 0 aliphatic carbocycles. The molecule has 2 heterocycles. The van der Waals surface area contributed by atoms with Gasteiger partial charge < -0.3 is 4.90 Å². The summed E-state index contributed by atoms with van der Waals surface area (Å²) in [6.45, 7) is 0.691. The highest BCUT2D eigenvalue weighted by Gasteiger charge is 2.33. The van der Waals surface area contributed by atoms with Crippen molar-refractivity contribution in [3.63, 3.8) is 0 Å². The van der Waals surface area contributed by atoms with E-state index in [4.69, 9.17) is 0 Å².